The predicted octanol–water partition coefficient (Wildman–Crippen LogP) is 5.95. The summed E-state index contributed by atoms with van der Waals surface area (Å²) in [6.07, 6.45) is 2.88. The fourth-order valence-corrected chi connectivity index (χ4v) is 5.66. The number of aromatic nitrogens is 2. The lowest BCUT2D eigenvalue weighted by atomic mass is 10.1. The fourth-order valence-electron chi connectivity index (χ4n) is 5.66. The first kappa shape index (κ1) is 29.4. The summed E-state index contributed by atoms with van der Waals surface area (Å²) in [5, 5.41) is 16.3. The lowest BCUT2D eigenvalue weighted by Gasteiger charge is -2.32. The minimum atomic E-state index is -0.960. The largest absolute Gasteiger partial charge is 0.485 e. The number of carbonyl (C=O) groups is 1. The third-order valence-electron chi connectivity index (χ3n) is 8.26. The van der Waals surface area contributed by atoms with E-state index < -0.39 is 5.97 Å². The SMILES string of the molecule is O=C(O)c1ccc2nc(CN3CCN(c4cccc(OCc5ccccc5)c4OCc4ccccc4)C=N3)n(C[C@@H]3CCO3)c2c1. The number of ether oxygens (including phenoxy) is 3. The van der Waals surface area contributed by atoms with Crippen molar-refractivity contribution in [1.82, 2.24) is 14.6 Å². The van der Waals surface area contributed by atoms with Gasteiger partial charge in [0.25, 0.3) is 0 Å². The summed E-state index contributed by atoms with van der Waals surface area (Å²) in [6, 6.07) is 31.1. The van der Waals surface area contributed by atoms with Crippen molar-refractivity contribution in [2.75, 3.05) is 24.6 Å². The third-order valence-corrected chi connectivity index (χ3v) is 8.26. The molecule has 3 heterocycles. The van der Waals surface area contributed by atoms with E-state index in [9.17, 15) is 9.90 Å². The lowest BCUT2D eigenvalue weighted by Crippen LogP contribution is -2.38. The van der Waals surface area contributed by atoms with Crippen LogP contribution in [0.1, 0.15) is 33.7 Å². The van der Waals surface area contributed by atoms with E-state index in [2.05, 4.69) is 9.47 Å². The maximum absolute atomic E-state index is 11.7. The Kier molecular flexibility index (Phi) is 8.51. The number of carboxylic acid groups (broad SMARTS) is 1. The number of para-hydroxylation sites is 1. The number of aromatic carboxylic acids is 1. The first-order valence-electron chi connectivity index (χ1n) is 15.5. The number of rotatable bonds is 12. The van der Waals surface area contributed by atoms with E-state index in [1.807, 2.05) is 90.2 Å². The molecule has 0 unspecified atom stereocenters. The van der Waals surface area contributed by atoms with Crippen molar-refractivity contribution in [2.24, 2.45) is 5.10 Å². The Labute approximate surface area is 267 Å². The van der Waals surface area contributed by atoms with Crippen LogP contribution in [0.4, 0.5) is 5.69 Å². The molecular formula is C36H35N5O5. The molecule has 10 nitrogen and oxygen atoms in total. The number of hydrogen-bond acceptors (Lipinski definition) is 8. The topological polar surface area (TPSA) is 102 Å². The van der Waals surface area contributed by atoms with Gasteiger partial charge in [-0.2, -0.15) is 5.10 Å². The molecule has 1 N–H and O–H groups in total. The first-order chi connectivity index (χ1) is 22.6. The number of hydrazone groups is 1. The first-order valence-corrected chi connectivity index (χ1v) is 15.5. The molecule has 2 aliphatic heterocycles. The zero-order valence-corrected chi connectivity index (χ0v) is 25.4. The van der Waals surface area contributed by atoms with Gasteiger partial charge in [0.1, 0.15) is 25.4 Å². The molecule has 5 aromatic rings. The smallest absolute Gasteiger partial charge is 0.335 e. The average molecular weight is 618 g/mol. The van der Waals surface area contributed by atoms with Crippen LogP contribution in [0.15, 0.2) is 102 Å². The molecule has 46 heavy (non-hydrogen) atoms. The van der Waals surface area contributed by atoms with Crippen molar-refractivity contribution in [3.8, 4) is 11.5 Å². The summed E-state index contributed by atoms with van der Waals surface area (Å²) < 4.78 is 20.5. The fraction of sp³-hybridized carbons (Fsp3) is 0.250. The Balaban J connectivity index is 1.12. The van der Waals surface area contributed by atoms with E-state index >= 15 is 0 Å². The van der Waals surface area contributed by atoms with Gasteiger partial charge < -0.3 is 28.8 Å². The summed E-state index contributed by atoms with van der Waals surface area (Å²) in [4.78, 5) is 18.6. The molecular weight excluding hydrogens is 582 g/mol. The molecule has 1 aromatic heterocycles. The second-order valence-electron chi connectivity index (χ2n) is 11.4. The Morgan fingerprint density at radius 1 is 0.891 bits per heavy atom. The van der Waals surface area contributed by atoms with Gasteiger partial charge >= 0.3 is 5.97 Å². The van der Waals surface area contributed by atoms with Crippen molar-refractivity contribution in [2.45, 2.75) is 38.8 Å². The van der Waals surface area contributed by atoms with E-state index in [4.69, 9.17) is 24.3 Å². The summed E-state index contributed by atoms with van der Waals surface area (Å²) in [5.74, 6) is 1.19. The van der Waals surface area contributed by atoms with E-state index in [-0.39, 0.29) is 11.7 Å². The van der Waals surface area contributed by atoms with Gasteiger partial charge in [-0.1, -0.05) is 66.7 Å². The molecule has 10 heteroatoms. The van der Waals surface area contributed by atoms with Crippen molar-refractivity contribution >= 4 is 29.0 Å². The van der Waals surface area contributed by atoms with Gasteiger partial charge in [-0.3, -0.25) is 5.01 Å². The number of benzene rings is 4. The molecule has 0 radical (unpaired) electrons. The van der Waals surface area contributed by atoms with Crippen LogP contribution in [-0.2, 0) is 31.0 Å². The van der Waals surface area contributed by atoms with Crippen LogP contribution in [0.5, 0.6) is 11.5 Å². The van der Waals surface area contributed by atoms with Crippen LogP contribution in [-0.4, -0.2) is 57.8 Å². The zero-order valence-electron chi connectivity index (χ0n) is 25.4. The highest BCUT2D eigenvalue weighted by Crippen LogP contribution is 2.39. The third kappa shape index (κ3) is 6.52. The van der Waals surface area contributed by atoms with Gasteiger partial charge in [0.05, 0.1) is 48.0 Å². The quantitative estimate of drug-likeness (QED) is 0.183. The Morgan fingerprint density at radius 3 is 2.28 bits per heavy atom. The highest BCUT2D eigenvalue weighted by atomic mass is 16.5. The Morgan fingerprint density at radius 2 is 1.63 bits per heavy atom. The molecule has 234 valence electrons. The molecule has 2 aliphatic rings. The molecule has 0 spiro atoms. The molecule has 1 saturated heterocycles. The molecule has 7 rings (SSSR count). The standard InChI is InChI=1S/C36H35N5O5/c42-36(43)28-14-15-30-32(20-28)41(21-29-16-19-44-29)34(38-30)22-40-18-17-39(25-37-40)31-12-7-13-33(45-23-26-8-3-1-4-9-26)35(31)46-24-27-10-5-2-6-11-27/h1-15,20,25,29H,16-19,21-24H2,(H,42,43)/t29-/m0/s1. The van der Waals surface area contributed by atoms with E-state index in [1.54, 1.807) is 18.2 Å². The summed E-state index contributed by atoms with van der Waals surface area (Å²) in [7, 11) is 0. The maximum Gasteiger partial charge on any atom is 0.335 e. The van der Waals surface area contributed by atoms with Crippen molar-refractivity contribution in [1.29, 1.82) is 0 Å². The van der Waals surface area contributed by atoms with Gasteiger partial charge in [0.15, 0.2) is 11.5 Å². The summed E-state index contributed by atoms with van der Waals surface area (Å²) in [6.45, 7) is 3.99. The number of hydrogen-bond donors (Lipinski definition) is 1. The molecule has 0 bridgehead atoms. The highest BCUT2D eigenvalue weighted by molar-refractivity contribution is 5.92. The second kappa shape index (κ2) is 13.3. The average Bonchev–Trinajstić information content (AvgIpc) is 3.41. The Bertz CT molecular complexity index is 1840. The molecule has 4 aromatic carbocycles. The molecule has 1 fully saturated rings. The van der Waals surface area contributed by atoms with Crippen LogP contribution in [0, 0.1) is 0 Å². The van der Waals surface area contributed by atoms with Crippen molar-refractivity contribution < 1.29 is 24.1 Å². The van der Waals surface area contributed by atoms with Gasteiger partial charge in [-0.15, -0.1) is 0 Å². The van der Waals surface area contributed by atoms with Crippen LogP contribution in [0.3, 0.4) is 0 Å². The van der Waals surface area contributed by atoms with Gasteiger partial charge in [-0.25, -0.2) is 9.78 Å². The van der Waals surface area contributed by atoms with E-state index in [1.165, 1.54) is 0 Å². The predicted molar refractivity (Wildman–Crippen MR) is 175 cm³/mol. The number of imidazole rings is 1. The number of nitrogens with zero attached hydrogens (tertiary/aromatic N) is 5. The minimum absolute atomic E-state index is 0.0932. The van der Waals surface area contributed by atoms with E-state index in [0.717, 1.165) is 46.7 Å². The molecule has 0 saturated carbocycles. The van der Waals surface area contributed by atoms with Crippen molar-refractivity contribution in [3.63, 3.8) is 0 Å². The normalized spacial score (nSPS) is 16.0. The van der Waals surface area contributed by atoms with Gasteiger partial charge in [0, 0.05) is 13.2 Å². The number of fused-ring (bicyclic) bond motifs is 1. The summed E-state index contributed by atoms with van der Waals surface area (Å²) >= 11 is 0. The zero-order chi connectivity index (χ0) is 31.3. The minimum Gasteiger partial charge on any atom is -0.485 e. The highest BCUT2D eigenvalue weighted by Gasteiger charge is 2.25. The van der Waals surface area contributed by atoms with Crippen LogP contribution in [0.25, 0.3) is 11.0 Å². The van der Waals surface area contributed by atoms with Crippen LogP contribution >= 0.6 is 0 Å². The van der Waals surface area contributed by atoms with Gasteiger partial charge in [0.2, 0.25) is 0 Å². The van der Waals surface area contributed by atoms with Crippen LogP contribution < -0.4 is 14.4 Å². The molecule has 0 aliphatic carbocycles. The lowest BCUT2D eigenvalue weighted by molar-refractivity contribution is -0.0592. The number of anilines is 1. The summed E-state index contributed by atoms with van der Waals surface area (Å²) in [5.41, 5.74) is 4.80. The molecule has 1 atom stereocenters. The Hall–Kier alpha value is -5.35. The molecule has 0 amide bonds. The number of carboxylic acids is 1. The maximum atomic E-state index is 11.7. The van der Waals surface area contributed by atoms with Gasteiger partial charge in [-0.05, 0) is 47.9 Å². The van der Waals surface area contributed by atoms with Crippen LogP contribution in [0.2, 0.25) is 0 Å². The monoisotopic (exact) mass is 617 g/mol. The second-order valence-corrected chi connectivity index (χ2v) is 11.4. The van der Waals surface area contributed by atoms with E-state index in [0.29, 0.717) is 50.9 Å². The van der Waals surface area contributed by atoms with Crippen molar-refractivity contribution in [3.05, 3.63) is 120 Å².